The zero-order valence-electron chi connectivity index (χ0n) is 36.3. The van der Waals surface area contributed by atoms with Crippen LogP contribution in [0.15, 0.2) is 258 Å². The molecule has 0 spiro atoms. The number of rotatable bonds is 9. The molecule has 0 saturated heterocycles. The molecular formula is C62H41N3O2. The lowest BCUT2D eigenvalue weighted by atomic mass is 9.99. The van der Waals surface area contributed by atoms with Gasteiger partial charge in [0.15, 0.2) is 0 Å². The monoisotopic (exact) mass is 859 g/mol. The van der Waals surface area contributed by atoms with Gasteiger partial charge in [0.25, 0.3) is 0 Å². The van der Waals surface area contributed by atoms with Crippen LogP contribution in [-0.2, 0) is 0 Å². The third-order valence-corrected chi connectivity index (χ3v) is 12.9. The Bertz CT molecular complexity index is 3910. The van der Waals surface area contributed by atoms with Crippen molar-refractivity contribution in [1.82, 2.24) is 0 Å². The number of para-hydroxylation sites is 5. The van der Waals surface area contributed by atoms with Crippen LogP contribution in [-0.4, -0.2) is 0 Å². The van der Waals surface area contributed by atoms with Crippen molar-refractivity contribution in [2.45, 2.75) is 0 Å². The molecule has 0 aliphatic heterocycles. The normalized spacial score (nSPS) is 11.6. The smallest absolute Gasteiger partial charge is 0.136 e. The molecule has 2 heterocycles. The summed E-state index contributed by atoms with van der Waals surface area (Å²) in [5, 5.41) is 9.04. The van der Waals surface area contributed by atoms with Gasteiger partial charge in [0.1, 0.15) is 22.3 Å². The van der Waals surface area contributed by atoms with E-state index in [1.54, 1.807) is 0 Å². The second-order valence-corrected chi connectivity index (χ2v) is 17.0. The highest BCUT2D eigenvalue weighted by molar-refractivity contribution is 6.17. The summed E-state index contributed by atoms with van der Waals surface area (Å²) < 4.78 is 12.7. The molecule has 0 amide bonds. The van der Waals surface area contributed by atoms with Gasteiger partial charge >= 0.3 is 0 Å². The molecule has 316 valence electrons. The van der Waals surface area contributed by atoms with E-state index in [4.69, 9.17) is 8.83 Å². The van der Waals surface area contributed by atoms with Crippen LogP contribution < -0.4 is 14.7 Å². The zero-order chi connectivity index (χ0) is 44.3. The Balaban J connectivity index is 1.00. The van der Waals surface area contributed by atoms with Gasteiger partial charge < -0.3 is 23.5 Å². The average Bonchev–Trinajstić information content (AvgIpc) is 3.95. The van der Waals surface area contributed by atoms with E-state index in [0.29, 0.717) is 0 Å². The van der Waals surface area contributed by atoms with Crippen LogP contribution in [0.4, 0.5) is 51.2 Å². The zero-order valence-corrected chi connectivity index (χ0v) is 36.3. The predicted octanol–water partition coefficient (Wildman–Crippen LogP) is 18.2. The molecule has 0 aliphatic carbocycles. The average molecular weight is 860 g/mol. The summed E-state index contributed by atoms with van der Waals surface area (Å²) in [6, 6.07) is 88.3. The van der Waals surface area contributed by atoms with Gasteiger partial charge in [-0.25, -0.2) is 0 Å². The molecule has 0 radical (unpaired) electrons. The molecule has 5 heteroatoms. The summed E-state index contributed by atoms with van der Waals surface area (Å²) in [5.41, 5.74) is 12.9. The molecule has 2 aromatic heterocycles. The van der Waals surface area contributed by atoms with Crippen LogP contribution in [0.1, 0.15) is 0 Å². The third-order valence-electron chi connectivity index (χ3n) is 12.9. The summed E-state index contributed by atoms with van der Waals surface area (Å²) in [7, 11) is 0. The van der Waals surface area contributed by atoms with Gasteiger partial charge in [-0.3, -0.25) is 0 Å². The molecule has 0 unspecified atom stereocenters. The fraction of sp³-hybridized carbons (Fsp3) is 0. The summed E-state index contributed by atoms with van der Waals surface area (Å²) in [6.07, 6.45) is 0. The number of anilines is 9. The van der Waals surface area contributed by atoms with Crippen molar-refractivity contribution >= 4 is 117 Å². The minimum absolute atomic E-state index is 0.856. The molecule has 0 fully saturated rings. The number of benzene rings is 11. The van der Waals surface area contributed by atoms with Crippen LogP contribution >= 0.6 is 0 Å². The summed E-state index contributed by atoms with van der Waals surface area (Å²) in [4.78, 5) is 7.03. The van der Waals surface area contributed by atoms with Crippen LogP contribution in [0.2, 0.25) is 0 Å². The molecular weight excluding hydrogens is 819 g/mol. The summed E-state index contributed by atoms with van der Waals surface area (Å²) in [5.74, 6) is 0. The predicted molar refractivity (Wildman–Crippen MR) is 280 cm³/mol. The van der Waals surface area contributed by atoms with Crippen molar-refractivity contribution < 1.29 is 8.83 Å². The lowest BCUT2D eigenvalue weighted by molar-refractivity contribution is 0.668. The highest BCUT2D eigenvalue weighted by Crippen LogP contribution is 2.45. The molecule has 0 aliphatic rings. The first-order valence-corrected chi connectivity index (χ1v) is 22.6. The largest absolute Gasteiger partial charge is 0.456 e. The first kappa shape index (κ1) is 38.4. The molecule has 13 aromatic rings. The SMILES string of the molecule is c1ccc(N(c2ccccc2)c2cccc(N(c3ccccc3)c3cccc(N(c4ccc5ccc6cc7oc8ccccc8c7cc6c5c4)c4ccc5oc6ccccc6c5c4)c3)c2)cc1. The molecule has 0 bridgehead atoms. The fourth-order valence-corrected chi connectivity index (χ4v) is 9.87. The van der Waals surface area contributed by atoms with Crippen molar-refractivity contribution in [1.29, 1.82) is 0 Å². The van der Waals surface area contributed by atoms with Gasteiger partial charge in [-0.2, -0.15) is 0 Å². The van der Waals surface area contributed by atoms with E-state index in [0.717, 1.165) is 100 Å². The van der Waals surface area contributed by atoms with E-state index in [9.17, 15) is 0 Å². The van der Waals surface area contributed by atoms with Gasteiger partial charge in [-0.15, -0.1) is 0 Å². The quantitative estimate of drug-likeness (QED) is 0.135. The number of hydrogen-bond acceptors (Lipinski definition) is 5. The molecule has 13 rings (SSSR count). The highest BCUT2D eigenvalue weighted by atomic mass is 16.3. The molecule has 11 aromatic carbocycles. The Labute approximate surface area is 387 Å². The Morgan fingerprint density at radius 2 is 0.552 bits per heavy atom. The van der Waals surface area contributed by atoms with Gasteiger partial charge in [0.2, 0.25) is 0 Å². The Morgan fingerprint density at radius 1 is 0.194 bits per heavy atom. The van der Waals surface area contributed by atoms with Crippen LogP contribution in [0.25, 0.3) is 65.4 Å². The lowest BCUT2D eigenvalue weighted by Gasteiger charge is -2.31. The van der Waals surface area contributed by atoms with E-state index < -0.39 is 0 Å². The maximum absolute atomic E-state index is 6.36. The lowest BCUT2D eigenvalue weighted by Crippen LogP contribution is -2.14. The van der Waals surface area contributed by atoms with Crippen molar-refractivity contribution in [2.24, 2.45) is 0 Å². The maximum Gasteiger partial charge on any atom is 0.136 e. The summed E-state index contributed by atoms with van der Waals surface area (Å²) in [6.45, 7) is 0. The second kappa shape index (κ2) is 15.9. The van der Waals surface area contributed by atoms with Gasteiger partial charge in [-0.05, 0) is 149 Å². The molecule has 67 heavy (non-hydrogen) atoms. The number of nitrogens with zero attached hydrogens (tertiary/aromatic N) is 3. The Morgan fingerprint density at radius 3 is 1.12 bits per heavy atom. The van der Waals surface area contributed by atoms with E-state index in [2.05, 4.69) is 239 Å². The first-order chi connectivity index (χ1) is 33.2. The molecule has 5 nitrogen and oxygen atoms in total. The van der Waals surface area contributed by atoms with E-state index in [1.165, 1.54) is 16.2 Å². The van der Waals surface area contributed by atoms with Gasteiger partial charge in [0.05, 0.1) is 0 Å². The number of hydrogen-bond donors (Lipinski definition) is 0. The van der Waals surface area contributed by atoms with Crippen molar-refractivity contribution in [3.63, 3.8) is 0 Å². The minimum atomic E-state index is 0.856. The van der Waals surface area contributed by atoms with Crippen LogP contribution in [0, 0.1) is 0 Å². The molecule has 0 atom stereocenters. The van der Waals surface area contributed by atoms with Crippen molar-refractivity contribution in [3.8, 4) is 0 Å². The standard InChI is InChI=1S/C62H41N3O2/c1-4-16-44(17-5-1)63(45-18-6-2-7-19-45)47-22-14-23-48(37-47)64(46-20-8-3-9-21-46)49-24-15-25-50(38-49)65(52-34-35-61-57(40-52)53-26-10-12-28-59(53)66-61)51-33-32-42-30-31-43-36-62-58(41-56(43)55(42)39-51)54-27-11-13-29-60(54)67-62/h1-41H. The second-order valence-electron chi connectivity index (χ2n) is 17.0. The number of furan rings is 2. The Hall–Kier alpha value is -9.06. The molecule has 0 saturated carbocycles. The number of fused-ring (bicyclic) bond motifs is 9. The van der Waals surface area contributed by atoms with E-state index in [1.807, 2.05) is 24.3 Å². The maximum atomic E-state index is 6.36. The van der Waals surface area contributed by atoms with Gasteiger partial charge in [0, 0.05) is 72.7 Å². The highest BCUT2D eigenvalue weighted by Gasteiger charge is 2.21. The van der Waals surface area contributed by atoms with Crippen LogP contribution in [0.5, 0.6) is 0 Å². The fourth-order valence-electron chi connectivity index (χ4n) is 9.87. The van der Waals surface area contributed by atoms with Crippen LogP contribution in [0.3, 0.4) is 0 Å². The minimum Gasteiger partial charge on any atom is -0.456 e. The molecule has 0 N–H and O–H groups in total. The van der Waals surface area contributed by atoms with Crippen molar-refractivity contribution in [3.05, 3.63) is 249 Å². The Kier molecular flexibility index (Phi) is 9.10. The van der Waals surface area contributed by atoms with E-state index in [-0.39, 0.29) is 0 Å². The van der Waals surface area contributed by atoms with E-state index >= 15 is 0 Å². The third kappa shape index (κ3) is 6.72. The first-order valence-electron chi connectivity index (χ1n) is 22.6. The van der Waals surface area contributed by atoms with Crippen molar-refractivity contribution in [2.75, 3.05) is 14.7 Å². The summed E-state index contributed by atoms with van der Waals surface area (Å²) >= 11 is 0. The topological polar surface area (TPSA) is 36.0 Å². The van der Waals surface area contributed by atoms with Gasteiger partial charge in [-0.1, -0.05) is 121 Å².